The zero-order valence-corrected chi connectivity index (χ0v) is 11.8. The van der Waals surface area contributed by atoms with Crippen LogP contribution in [0.2, 0.25) is 0 Å². The summed E-state index contributed by atoms with van der Waals surface area (Å²) in [5.74, 6) is 0.444. The molecule has 1 N–H and O–H groups in total. The quantitative estimate of drug-likeness (QED) is 0.797. The van der Waals surface area contributed by atoms with Gasteiger partial charge in [0.1, 0.15) is 0 Å². The maximum atomic E-state index is 12.0. The van der Waals surface area contributed by atoms with E-state index >= 15 is 0 Å². The van der Waals surface area contributed by atoms with Crippen molar-refractivity contribution in [3.05, 3.63) is 22.7 Å². The summed E-state index contributed by atoms with van der Waals surface area (Å²) in [5.41, 5.74) is -0.0496. The number of hydrogen-bond donors (Lipinski definition) is 1. The van der Waals surface area contributed by atoms with Gasteiger partial charge in [0.25, 0.3) is 5.56 Å². The van der Waals surface area contributed by atoms with Crippen LogP contribution in [-0.4, -0.2) is 40.1 Å². The van der Waals surface area contributed by atoms with E-state index in [-0.39, 0.29) is 11.6 Å². The Morgan fingerprint density at radius 2 is 2.06 bits per heavy atom. The van der Waals surface area contributed by atoms with Gasteiger partial charge in [-0.1, -0.05) is 13.8 Å². The van der Waals surface area contributed by atoms with Crippen molar-refractivity contribution in [1.29, 1.82) is 0 Å². The monoisotopic (exact) mass is 252 g/mol. The zero-order chi connectivity index (χ0) is 13.5. The first-order chi connectivity index (χ1) is 8.62. The molecule has 0 saturated carbocycles. The molecule has 0 spiro atoms. The van der Waals surface area contributed by atoms with Crippen LogP contribution in [-0.2, 0) is 6.54 Å². The molecule has 0 aliphatic carbocycles. The van der Waals surface area contributed by atoms with E-state index in [1.165, 1.54) is 0 Å². The normalized spacial score (nSPS) is 12.7. The molecule has 0 amide bonds. The molecule has 0 aliphatic heterocycles. The zero-order valence-electron chi connectivity index (χ0n) is 11.8. The van der Waals surface area contributed by atoms with E-state index in [4.69, 9.17) is 0 Å². The number of aryl methyl sites for hydroxylation is 1. The lowest BCUT2D eigenvalue weighted by Crippen LogP contribution is -2.37. The number of nitrogens with zero attached hydrogens (tertiary/aromatic N) is 3. The molecule has 0 aromatic carbocycles. The van der Waals surface area contributed by atoms with Crippen molar-refractivity contribution < 1.29 is 0 Å². The van der Waals surface area contributed by atoms with Crippen molar-refractivity contribution in [3.63, 3.8) is 0 Å². The molecule has 0 fully saturated rings. The molecule has 5 heteroatoms. The van der Waals surface area contributed by atoms with Gasteiger partial charge in [0.15, 0.2) is 5.82 Å². The van der Waals surface area contributed by atoms with E-state index in [0.717, 1.165) is 19.6 Å². The first-order valence-corrected chi connectivity index (χ1v) is 6.66. The highest BCUT2D eigenvalue weighted by Gasteiger charge is 2.10. The molecule has 1 aromatic heterocycles. The van der Waals surface area contributed by atoms with E-state index in [0.29, 0.717) is 12.4 Å². The Balaban J connectivity index is 2.70. The van der Waals surface area contributed by atoms with Crippen LogP contribution < -0.4 is 10.9 Å². The van der Waals surface area contributed by atoms with Crippen LogP contribution in [0.15, 0.2) is 17.2 Å². The number of anilines is 1. The molecule has 5 nitrogen and oxygen atoms in total. The fraction of sp³-hybridized carbons (Fsp3) is 0.692. The second-order valence-electron chi connectivity index (χ2n) is 4.40. The highest BCUT2D eigenvalue weighted by Crippen LogP contribution is 1.99. The van der Waals surface area contributed by atoms with E-state index in [9.17, 15) is 4.79 Å². The van der Waals surface area contributed by atoms with Crippen LogP contribution in [0, 0.1) is 0 Å². The van der Waals surface area contributed by atoms with Crippen molar-refractivity contribution >= 4 is 5.82 Å². The number of rotatable bonds is 7. The van der Waals surface area contributed by atoms with E-state index in [1.807, 2.05) is 6.92 Å². The summed E-state index contributed by atoms with van der Waals surface area (Å²) in [6.07, 6.45) is 3.37. The van der Waals surface area contributed by atoms with Gasteiger partial charge in [0.2, 0.25) is 0 Å². The molecule has 0 saturated heterocycles. The average molecular weight is 252 g/mol. The van der Waals surface area contributed by atoms with Gasteiger partial charge in [-0.05, 0) is 26.9 Å². The minimum atomic E-state index is -0.0496. The van der Waals surface area contributed by atoms with Crippen molar-refractivity contribution in [2.24, 2.45) is 0 Å². The highest BCUT2D eigenvalue weighted by molar-refractivity contribution is 5.32. The Hall–Kier alpha value is -1.36. The standard InChI is InChI=1S/C13H24N4O/c1-5-16(6-2)10-11(4)15-12-13(18)17(7-3)9-8-14-12/h8-9,11H,5-7,10H2,1-4H3,(H,14,15). The van der Waals surface area contributed by atoms with E-state index in [1.54, 1.807) is 17.0 Å². The maximum Gasteiger partial charge on any atom is 0.293 e. The van der Waals surface area contributed by atoms with Gasteiger partial charge in [-0.25, -0.2) is 4.98 Å². The largest absolute Gasteiger partial charge is 0.362 e. The molecule has 0 bridgehead atoms. The second kappa shape index (κ2) is 7.16. The third kappa shape index (κ3) is 3.84. The minimum Gasteiger partial charge on any atom is -0.362 e. The minimum absolute atomic E-state index is 0.0496. The molecular weight excluding hydrogens is 228 g/mol. The molecule has 1 atom stereocenters. The molecule has 0 radical (unpaired) electrons. The van der Waals surface area contributed by atoms with Crippen molar-refractivity contribution in [2.75, 3.05) is 25.0 Å². The Morgan fingerprint density at radius 3 is 2.61 bits per heavy atom. The van der Waals surface area contributed by atoms with Gasteiger partial charge in [-0.3, -0.25) is 4.79 Å². The smallest absolute Gasteiger partial charge is 0.293 e. The van der Waals surface area contributed by atoms with Crippen LogP contribution in [0.1, 0.15) is 27.7 Å². The average Bonchev–Trinajstić information content (AvgIpc) is 2.38. The number of nitrogens with one attached hydrogen (secondary N) is 1. The maximum absolute atomic E-state index is 12.0. The fourth-order valence-electron chi connectivity index (χ4n) is 1.94. The predicted octanol–water partition coefficient (Wildman–Crippen LogP) is 1.41. The molecular formula is C13H24N4O. The third-order valence-electron chi connectivity index (χ3n) is 3.06. The fourth-order valence-corrected chi connectivity index (χ4v) is 1.94. The first-order valence-electron chi connectivity index (χ1n) is 6.66. The SMILES string of the molecule is CCN(CC)CC(C)Nc1nccn(CC)c1=O. The summed E-state index contributed by atoms with van der Waals surface area (Å²) in [7, 11) is 0. The van der Waals surface area contributed by atoms with Crippen LogP contribution in [0.5, 0.6) is 0 Å². The van der Waals surface area contributed by atoms with Gasteiger partial charge in [-0.15, -0.1) is 0 Å². The van der Waals surface area contributed by atoms with Gasteiger partial charge in [-0.2, -0.15) is 0 Å². The number of aromatic nitrogens is 2. The van der Waals surface area contributed by atoms with Crippen molar-refractivity contribution in [1.82, 2.24) is 14.5 Å². The molecule has 1 heterocycles. The number of hydrogen-bond acceptors (Lipinski definition) is 4. The molecule has 102 valence electrons. The Morgan fingerprint density at radius 1 is 1.39 bits per heavy atom. The topological polar surface area (TPSA) is 50.2 Å². The summed E-state index contributed by atoms with van der Waals surface area (Å²) in [6, 6.07) is 0.206. The van der Waals surface area contributed by atoms with Gasteiger partial charge in [0, 0.05) is 31.5 Å². The van der Waals surface area contributed by atoms with Crippen LogP contribution in [0.3, 0.4) is 0 Å². The van der Waals surface area contributed by atoms with Crippen LogP contribution >= 0.6 is 0 Å². The van der Waals surface area contributed by atoms with Crippen molar-refractivity contribution in [2.45, 2.75) is 40.3 Å². The molecule has 1 unspecified atom stereocenters. The Labute approximate surface area is 109 Å². The molecule has 18 heavy (non-hydrogen) atoms. The lowest BCUT2D eigenvalue weighted by molar-refractivity contribution is 0.294. The van der Waals surface area contributed by atoms with Crippen molar-refractivity contribution in [3.8, 4) is 0 Å². The third-order valence-corrected chi connectivity index (χ3v) is 3.06. The summed E-state index contributed by atoms with van der Waals surface area (Å²) in [4.78, 5) is 18.4. The lowest BCUT2D eigenvalue weighted by Gasteiger charge is -2.23. The summed E-state index contributed by atoms with van der Waals surface area (Å²) in [6.45, 7) is 11.9. The lowest BCUT2D eigenvalue weighted by atomic mass is 10.3. The van der Waals surface area contributed by atoms with Gasteiger partial charge >= 0.3 is 0 Å². The summed E-state index contributed by atoms with van der Waals surface area (Å²) in [5, 5.41) is 3.20. The van der Waals surface area contributed by atoms with E-state index < -0.39 is 0 Å². The summed E-state index contributed by atoms with van der Waals surface area (Å²) < 4.78 is 1.65. The van der Waals surface area contributed by atoms with Gasteiger partial charge < -0.3 is 14.8 Å². The van der Waals surface area contributed by atoms with Crippen LogP contribution in [0.4, 0.5) is 5.82 Å². The Kier molecular flexibility index (Phi) is 5.85. The molecule has 1 rings (SSSR count). The van der Waals surface area contributed by atoms with Gasteiger partial charge in [0.05, 0.1) is 0 Å². The van der Waals surface area contributed by atoms with E-state index in [2.05, 4.69) is 36.0 Å². The molecule has 0 aliphatic rings. The highest BCUT2D eigenvalue weighted by atomic mass is 16.1. The number of likely N-dealkylation sites (N-methyl/N-ethyl adjacent to an activating group) is 1. The second-order valence-corrected chi connectivity index (χ2v) is 4.40. The first kappa shape index (κ1) is 14.7. The Bertz CT molecular complexity index is 412. The summed E-state index contributed by atoms with van der Waals surface area (Å²) >= 11 is 0. The predicted molar refractivity (Wildman–Crippen MR) is 75.0 cm³/mol. The molecule has 1 aromatic rings. The van der Waals surface area contributed by atoms with Crippen LogP contribution in [0.25, 0.3) is 0 Å².